The maximum Gasteiger partial charge on any atom is 0.305 e. The largest absolute Gasteiger partial charge is 0.469 e. The van der Waals surface area contributed by atoms with E-state index >= 15 is 0 Å². The van der Waals surface area contributed by atoms with Crippen LogP contribution < -0.4 is 5.32 Å². The van der Waals surface area contributed by atoms with Gasteiger partial charge in [0.05, 0.1) is 7.11 Å². The summed E-state index contributed by atoms with van der Waals surface area (Å²) < 4.78 is 4.56. The maximum absolute atomic E-state index is 10.9. The first-order valence-corrected chi connectivity index (χ1v) is 6.60. The number of hydrogen-bond acceptors (Lipinski definition) is 3. The first kappa shape index (κ1) is 15.3. The summed E-state index contributed by atoms with van der Waals surface area (Å²) in [6.45, 7) is 1.61. The van der Waals surface area contributed by atoms with Gasteiger partial charge in [-0.1, -0.05) is 29.3 Å². The number of rotatable bonds is 7. The number of carbonyl (C=O) groups excluding carboxylic acids is 1. The Hall–Kier alpha value is -0.770. The quantitative estimate of drug-likeness (QED) is 0.619. The molecule has 0 aliphatic rings. The van der Waals surface area contributed by atoms with Crippen molar-refractivity contribution in [3.05, 3.63) is 33.8 Å². The lowest BCUT2D eigenvalue weighted by Gasteiger charge is -2.06. The average Bonchev–Trinajstić information content (AvgIpc) is 2.35. The molecule has 0 radical (unpaired) electrons. The standard InChI is InChI=1S/C13H17Cl2NO2/c1-18-13(17)3-2-7-16-8-6-10-4-5-11(14)9-12(10)15/h4-5,9,16H,2-3,6-8H2,1H3. The van der Waals surface area contributed by atoms with Crippen molar-refractivity contribution >= 4 is 29.2 Å². The molecule has 0 aliphatic carbocycles. The van der Waals surface area contributed by atoms with Gasteiger partial charge in [0.15, 0.2) is 0 Å². The zero-order valence-electron chi connectivity index (χ0n) is 10.3. The average molecular weight is 290 g/mol. The third-order valence-corrected chi connectivity index (χ3v) is 3.14. The summed E-state index contributed by atoms with van der Waals surface area (Å²) in [4.78, 5) is 10.9. The van der Waals surface area contributed by atoms with E-state index in [1.807, 2.05) is 12.1 Å². The fourth-order valence-electron chi connectivity index (χ4n) is 1.53. The van der Waals surface area contributed by atoms with E-state index in [0.29, 0.717) is 16.5 Å². The summed E-state index contributed by atoms with van der Waals surface area (Å²) >= 11 is 11.9. The van der Waals surface area contributed by atoms with Gasteiger partial charge in [-0.05, 0) is 43.6 Å². The smallest absolute Gasteiger partial charge is 0.305 e. The highest BCUT2D eigenvalue weighted by Gasteiger charge is 2.01. The Morgan fingerprint density at radius 3 is 2.78 bits per heavy atom. The van der Waals surface area contributed by atoms with Crippen LogP contribution in [0.2, 0.25) is 10.0 Å². The van der Waals surface area contributed by atoms with Crippen LogP contribution in [-0.2, 0) is 16.0 Å². The van der Waals surface area contributed by atoms with Crippen LogP contribution in [0.25, 0.3) is 0 Å². The molecule has 0 amide bonds. The van der Waals surface area contributed by atoms with Crippen molar-refractivity contribution in [3.8, 4) is 0 Å². The summed E-state index contributed by atoms with van der Waals surface area (Å²) in [7, 11) is 1.40. The third kappa shape index (κ3) is 5.71. The Labute approximate surface area is 117 Å². The van der Waals surface area contributed by atoms with Crippen LogP contribution in [0, 0.1) is 0 Å². The number of halogens is 2. The molecule has 1 aromatic carbocycles. The summed E-state index contributed by atoms with van der Waals surface area (Å²) in [5.74, 6) is -0.169. The van der Waals surface area contributed by atoms with Crippen molar-refractivity contribution in [2.45, 2.75) is 19.3 Å². The zero-order valence-corrected chi connectivity index (χ0v) is 11.9. The molecular formula is C13H17Cl2NO2. The monoisotopic (exact) mass is 289 g/mol. The Bertz CT molecular complexity index is 397. The SMILES string of the molecule is COC(=O)CCCNCCc1ccc(Cl)cc1Cl. The van der Waals surface area contributed by atoms with Crippen molar-refractivity contribution in [1.29, 1.82) is 0 Å². The lowest BCUT2D eigenvalue weighted by molar-refractivity contribution is -0.140. The minimum Gasteiger partial charge on any atom is -0.469 e. The molecule has 3 nitrogen and oxygen atoms in total. The summed E-state index contributed by atoms with van der Waals surface area (Å²) in [5, 5.41) is 4.60. The molecule has 0 saturated heterocycles. The van der Waals surface area contributed by atoms with E-state index in [9.17, 15) is 4.79 Å². The van der Waals surface area contributed by atoms with E-state index in [1.54, 1.807) is 6.07 Å². The summed E-state index contributed by atoms with van der Waals surface area (Å²) in [5.41, 5.74) is 1.07. The Balaban J connectivity index is 2.16. The van der Waals surface area contributed by atoms with E-state index < -0.39 is 0 Å². The first-order valence-electron chi connectivity index (χ1n) is 5.85. The van der Waals surface area contributed by atoms with Crippen molar-refractivity contribution in [1.82, 2.24) is 5.32 Å². The number of nitrogens with one attached hydrogen (secondary N) is 1. The highest BCUT2D eigenvalue weighted by Crippen LogP contribution is 2.20. The minimum absolute atomic E-state index is 0.169. The highest BCUT2D eigenvalue weighted by molar-refractivity contribution is 6.35. The molecule has 0 fully saturated rings. The van der Waals surface area contributed by atoms with Gasteiger partial charge in [0.25, 0.3) is 0 Å². The van der Waals surface area contributed by atoms with E-state index in [4.69, 9.17) is 23.2 Å². The van der Waals surface area contributed by atoms with Gasteiger partial charge in [0.2, 0.25) is 0 Å². The summed E-state index contributed by atoms with van der Waals surface area (Å²) in [6, 6.07) is 5.51. The van der Waals surface area contributed by atoms with Crippen LogP contribution >= 0.6 is 23.2 Å². The molecular weight excluding hydrogens is 273 g/mol. The molecule has 100 valence electrons. The number of methoxy groups -OCH3 is 1. The topological polar surface area (TPSA) is 38.3 Å². The third-order valence-electron chi connectivity index (χ3n) is 2.55. The van der Waals surface area contributed by atoms with Crippen LogP contribution in [0.15, 0.2) is 18.2 Å². The van der Waals surface area contributed by atoms with Crippen molar-refractivity contribution < 1.29 is 9.53 Å². The highest BCUT2D eigenvalue weighted by atomic mass is 35.5. The summed E-state index contributed by atoms with van der Waals surface area (Å²) in [6.07, 6.45) is 2.07. The lowest BCUT2D eigenvalue weighted by Crippen LogP contribution is -2.19. The molecule has 5 heteroatoms. The molecule has 1 aromatic rings. The minimum atomic E-state index is -0.169. The van der Waals surface area contributed by atoms with E-state index in [2.05, 4.69) is 10.1 Å². The molecule has 0 unspecified atom stereocenters. The van der Waals surface area contributed by atoms with Crippen LogP contribution in [0.3, 0.4) is 0 Å². The molecule has 0 aliphatic heterocycles. The van der Waals surface area contributed by atoms with Gasteiger partial charge < -0.3 is 10.1 Å². The Kier molecular flexibility index (Phi) is 7.09. The van der Waals surface area contributed by atoms with Gasteiger partial charge in [-0.15, -0.1) is 0 Å². The number of benzene rings is 1. The molecule has 0 bridgehead atoms. The number of esters is 1. The molecule has 1 N–H and O–H groups in total. The van der Waals surface area contributed by atoms with Crippen LogP contribution in [0.4, 0.5) is 0 Å². The van der Waals surface area contributed by atoms with Gasteiger partial charge >= 0.3 is 5.97 Å². The predicted octanol–water partition coefficient (Wildman–Crippen LogP) is 3.08. The predicted molar refractivity (Wildman–Crippen MR) is 74.3 cm³/mol. The molecule has 0 saturated carbocycles. The molecule has 0 aromatic heterocycles. The van der Waals surface area contributed by atoms with Crippen LogP contribution in [-0.4, -0.2) is 26.2 Å². The van der Waals surface area contributed by atoms with Crippen molar-refractivity contribution in [2.24, 2.45) is 0 Å². The molecule has 0 atom stereocenters. The zero-order chi connectivity index (χ0) is 13.4. The van der Waals surface area contributed by atoms with Crippen LogP contribution in [0.5, 0.6) is 0 Å². The van der Waals surface area contributed by atoms with Gasteiger partial charge in [0.1, 0.15) is 0 Å². The fraction of sp³-hybridized carbons (Fsp3) is 0.462. The lowest BCUT2D eigenvalue weighted by atomic mass is 10.1. The second kappa shape index (κ2) is 8.35. The first-order chi connectivity index (χ1) is 8.63. The second-order valence-corrected chi connectivity index (χ2v) is 4.76. The molecule has 0 heterocycles. The molecule has 1 rings (SSSR count). The van der Waals surface area contributed by atoms with E-state index in [-0.39, 0.29) is 5.97 Å². The second-order valence-electron chi connectivity index (χ2n) is 3.92. The maximum atomic E-state index is 10.9. The fourth-order valence-corrected chi connectivity index (χ4v) is 2.04. The van der Waals surface area contributed by atoms with E-state index in [0.717, 1.165) is 31.5 Å². The normalized spacial score (nSPS) is 10.4. The van der Waals surface area contributed by atoms with E-state index in [1.165, 1.54) is 7.11 Å². The molecule has 0 spiro atoms. The van der Waals surface area contributed by atoms with Gasteiger partial charge in [0, 0.05) is 16.5 Å². The Morgan fingerprint density at radius 2 is 2.11 bits per heavy atom. The van der Waals surface area contributed by atoms with Crippen molar-refractivity contribution in [3.63, 3.8) is 0 Å². The van der Waals surface area contributed by atoms with Crippen molar-refractivity contribution in [2.75, 3.05) is 20.2 Å². The van der Waals surface area contributed by atoms with Gasteiger partial charge in [-0.3, -0.25) is 4.79 Å². The van der Waals surface area contributed by atoms with Crippen LogP contribution in [0.1, 0.15) is 18.4 Å². The Morgan fingerprint density at radius 1 is 1.33 bits per heavy atom. The number of hydrogen-bond donors (Lipinski definition) is 1. The van der Waals surface area contributed by atoms with Gasteiger partial charge in [-0.25, -0.2) is 0 Å². The molecule has 18 heavy (non-hydrogen) atoms. The number of ether oxygens (including phenoxy) is 1. The number of carbonyl (C=O) groups is 1. The van der Waals surface area contributed by atoms with Gasteiger partial charge in [-0.2, -0.15) is 0 Å².